The molecule has 1 aromatic rings. The number of aryl methyl sites for hydroxylation is 1. The summed E-state index contributed by atoms with van der Waals surface area (Å²) < 4.78 is 12.7. The summed E-state index contributed by atoms with van der Waals surface area (Å²) in [4.78, 5) is 11.5. The van der Waals surface area contributed by atoms with Gasteiger partial charge < -0.3 is 10.4 Å². The average molecular weight is 253 g/mol. The van der Waals surface area contributed by atoms with Crippen molar-refractivity contribution >= 4 is 5.91 Å². The van der Waals surface area contributed by atoms with Crippen LogP contribution in [0.4, 0.5) is 4.39 Å². The second-order valence-electron chi connectivity index (χ2n) is 5.07. The van der Waals surface area contributed by atoms with Gasteiger partial charge >= 0.3 is 0 Å². The Labute approximate surface area is 107 Å². The van der Waals surface area contributed by atoms with Gasteiger partial charge in [-0.25, -0.2) is 4.39 Å². The van der Waals surface area contributed by atoms with Crippen LogP contribution in [0.3, 0.4) is 0 Å². The molecule has 1 rings (SSSR count). The van der Waals surface area contributed by atoms with E-state index in [4.69, 9.17) is 0 Å². The van der Waals surface area contributed by atoms with E-state index in [2.05, 4.69) is 5.32 Å². The van der Waals surface area contributed by atoms with E-state index in [1.165, 1.54) is 12.1 Å². The predicted molar refractivity (Wildman–Crippen MR) is 68.6 cm³/mol. The normalized spacial score (nSPS) is 11.3. The highest BCUT2D eigenvalue weighted by Gasteiger charge is 2.13. The topological polar surface area (TPSA) is 49.3 Å². The van der Waals surface area contributed by atoms with E-state index in [0.29, 0.717) is 12.8 Å². The zero-order valence-corrected chi connectivity index (χ0v) is 10.9. The molecule has 0 bridgehead atoms. The molecule has 0 saturated heterocycles. The van der Waals surface area contributed by atoms with Gasteiger partial charge in [0.1, 0.15) is 5.82 Å². The summed E-state index contributed by atoms with van der Waals surface area (Å²) >= 11 is 0. The first-order valence-electron chi connectivity index (χ1n) is 6.10. The Morgan fingerprint density at radius 1 is 1.33 bits per heavy atom. The standard InChI is InChI=1S/C14H20FNO2/c1-14(2,18)10-16-13(17)5-3-4-11-6-8-12(15)9-7-11/h6-9,18H,3-5,10H2,1-2H3,(H,16,17). The van der Waals surface area contributed by atoms with E-state index in [9.17, 15) is 14.3 Å². The van der Waals surface area contributed by atoms with Crippen molar-refractivity contribution in [2.45, 2.75) is 38.7 Å². The molecule has 0 heterocycles. The van der Waals surface area contributed by atoms with Crippen LogP contribution in [0.25, 0.3) is 0 Å². The van der Waals surface area contributed by atoms with Gasteiger partial charge in [0.2, 0.25) is 5.91 Å². The lowest BCUT2D eigenvalue weighted by atomic mass is 10.1. The number of halogens is 1. The fraction of sp³-hybridized carbons (Fsp3) is 0.500. The van der Waals surface area contributed by atoms with Crippen LogP contribution in [0.5, 0.6) is 0 Å². The van der Waals surface area contributed by atoms with Gasteiger partial charge in [-0.05, 0) is 44.4 Å². The van der Waals surface area contributed by atoms with Gasteiger partial charge in [-0.2, -0.15) is 0 Å². The smallest absolute Gasteiger partial charge is 0.220 e. The van der Waals surface area contributed by atoms with E-state index < -0.39 is 5.60 Å². The van der Waals surface area contributed by atoms with Crippen LogP contribution in [0, 0.1) is 5.82 Å². The number of hydrogen-bond acceptors (Lipinski definition) is 2. The van der Waals surface area contributed by atoms with Crippen LogP contribution in [0.1, 0.15) is 32.3 Å². The molecule has 0 fully saturated rings. The number of carbonyl (C=O) groups excluding carboxylic acids is 1. The molecule has 100 valence electrons. The van der Waals surface area contributed by atoms with Crippen molar-refractivity contribution in [3.05, 3.63) is 35.6 Å². The highest BCUT2D eigenvalue weighted by Crippen LogP contribution is 2.07. The Morgan fingerprint density at radius 3 is 2.50 bits per heavy atom. The van der Waals surface area contributed by atoms with Crippen LogP contribution < -0.4 is 5.32 Å². The number of nitrogens with one attached hydrogen (secondary N) is 1. The summed E-state index contributed by atoms with van der Waals surface area (Å²) in [6.07, 6.45) is 1.87. The molecule has 4 heteroatoms. The fourth-order valence-electron chi connectivity index (χ4n) is 1.51. The van der Waals surface area contributed by atoms with Crippen molar-refractivity contribution in [1.82, 2.24) is 5.32 Å². The zero-order valence-electron chi connectivity index (χ0n) is 10.9. The summed E-state index contributed by atoms with van der Waals surface area (Å²) in [5.74, 6) is -0.319. The first-order chi connectivity index (χ1) is 8.37. The molecule has 0 aliphatic carbocycles. The van der Waals surface area contributed by atoms with E-state index in [0.717, 1.165) is 12.0 Å². The number of aliphatic hydroxyl groups is 1. The zero-order chi connectivity index (χ0) is 13.6. The van der Waals surface area contributed by atoms with Crippen LogP contribution in [0.2, 0.25) is 0 Å². The number of rotatable bonds is 6. The van der Waals surface area contributed by atoms with E-state index in [1.54, 1.807) is 26.0 Å². The van der Waals surface area contributed by atoms with E-state index in [-0.39, 0.29) is 18.3 Å². The largest absolute Gasteiger partial charge is 0.389 e. The van der Waals surface area contributed by atoms with Gasteiger partial charge in [0.25, 0.3) is 0 Å². The lowest BCUT2D eigenvalue weighted by Crippen LogP contribution is -2.38. The van der Waals surface area contributed by atoms with Gasteiger partial charge in [-0.3, -0.25) is 4.79 Å². The minimum Gasteiger partial charge on any atom is -0.389 e. The lowest BCUT2D eigenvalue weighted by Gasteiger charge is -2.17. The summed E-state index contributed by atoms with van der Waals surface area (Å²) in [7, 11) is 0. The summed E-state index contributed by atoms with van der Waals surface area (Å²) in [5.41, 5.74) is 0.138. The van der Waals surface area contributed by atoms with Crippen molar-refractivity contribution in [2.75, 3.05) is 6.54 Å². The number of hydrogen-bond donors (Lipinski definition) is 2. The molecule has 3 nitrogen and oxygen atoms in total. The molecule has 0 aliphatic heterocycles. The van der Waals surface area contributed by atoms with Gasteiger partial charge in [0.05, 0.1) is 5.60 Å². The first kappa shape index (κ1) is 14.6. The Bertz CT molecular complexity index is 382. The number of amides is 1. The van der Waals surface area contributed by atoms with Crippen molar-refractivity contribution in [1.29, 1.82) is 0 Å². The molecule has 18 heavy (non-hydrogen) atoms. The highest BCUT2D eigenvalue weighted by atomic mass is 19.1. The maximum atomic E-state index is 12.7. The van der Waals surface area contributed by atoms with Gasteiger partial charge in [-0.15, -0.1) is 0 Å². The summed E-state index contributed by atoms with van der Waals surface area (Å²) in [5, 5.41) is 12.1. The lowest BCUT2D eigenvalue weighted by molar-refractivity contribution is -0.122. The first-order valence-corrected chi connectivity index (χ1v) is 6.10. The molecule has 0 saturated carbocycles. The van der Waals surface area contributed by atoms with Crippen LogP contribution >= 0.6 is 0 Å². The molecule has 0 atom stereocenters. The molecular weight excluding hydrogens is 233 g/mol. The Balaban J connectivity index is 2.21. The molecule has 0 aromatic heterocycles. The molecule has 0 spiro atoms. The average Bonchev–Trinajstić information content (AvgIpc) is 2.28. The quantitative estimate of drug-likeness (QED) is 0.815. The van der Waals surface area contributed by atoms with Crippen LogP contribution in [-0.2, 0) is 11.2 Å². The van der Waals surface area contributed by atoms with Gasteiger partial charge in [0, 0.05) is 13.0 Å². The molecular formula is C14H20FNO2. The third kappa shape index (κ3) is 6.35. The third-order valence-corrected chi connectivity index (χ3v) is 2.50. The van der Waals surface area contributed by atoms with Crippen molar-refractivity contribution < 1.29 is 14.3 Å². The Hall–Kier alpha value is -1.42. The molecule has 1 aromatic carbocycles. The van der Waals surface area contributed by atoms with Crippen LogP contribution in [-0.4, -0.2) is 23.2 Å². The minimum atomic E-state index is -0.882. The highest BCUT2D eigenvalue weighted by molar-refractivity contribution is 5.75. The molecule has 0 aliphatic rings. The second kappa shape index (κ2) is 6.50. The fourth-order valence-corrected chi connectivity index (χ4v) is 1.51. The van der Waals surface area contributed by atoms with E-state index in [1.807, 2.05) is 0 Å². The minimum absolute atomic E-state index is 0.0702. The Kier molecular flexibility index (Phi) is 5.28. The van der Waals surface area contributed by atoms with Gasteiger partial charge in [-0.1, -0.05) is 12.1 Å². The van der Waals surface area contributed by atoms with Crippen LogP contribution in [0.15, 0.2) is 24.3 Å². The third-order valence-electron chi connectivity index (χ3n) is 2.50. The summed E-state index contributed by atoms with van der Waals surface area (Å²) in [6.45, 7) is 3.54. The summed E-state index contributed by atoms with van der Waals surface area (Å²) in [6, 6.07) is 6.29. The molecule has 0 radical (unpaired) electrons. The Morgan fingerprint density at radius 2 is 1.94 bits per heavy atom. The molecule has 2 N–H and O–H groups in total. The number of benzene rings is 1. The molecule has 0 unspecified atom stereocenters. The molecule has 1 amide bonds. The van der Waals surface area contributed by atoms with Crippen molar-refractivity contribution in [3.63, 3.8) is 0 Å². The maximum absolute atomic E-state index is 12.7. The van der Waals surface area contributed by atoms with Crippen molar-refractivity contribution in [2.24, 2.45) is 0 Å². The maximum Gasteiger partial charge on any atom is 0.220 e. The van der Waals surface area contributed by atoms with Gasteiger partial charge in [0.15, 0.2) is 0 Å². The predicted octanol–water partition coefficient (Wildman–Crippen LogP) is 2.04. The monoisotopic (exact) mass is 253 g/mol. The van der Waals surface area contributed by atoms with E-state index >= 15 is 0 Å². The second-order valence-corrected chi connectivity index (χ2v) is 5.07. The van der Waals surface area contributed by atoms with Crippen molar-refractivity contribution in [3.8, 4) is 0 Å². The number of carbonyl (C=O) groups is 1. The SMILES string of the molecule is CC(C)(O)CNC(=O)CCCc1ccc(F)cc1.